The fourth-order valence-electron chi connectivity index (χ4n) is 2.50. The Balaban J connectivity index is 2.00. The van der Waals surface area contributed by atoms with Crippen LogP contribution in [0.1, 0.15) is 32.8 Å². The van der Waals surface area contributed by atoms with Crippen molar-refractivity contribution in [2.75, 3.05) is 7.11 Å². The van der Waals surface area contributed by atoms with Gasteiger partial charge in [0.05, 0.1) is 25.7 Å². The lowest BCUT2D eigenvalue weighted by Gasteiger charge is -2.23. The number of hydrogen-bond donors (Lipinski definition) is 1. The maximum Gasteiger partial charge on any atom is 0.407 e. The molecule has 6 heteroatoms. The summed E-state index contributed by atoms with van der Waals surface area (Å²) in [6.07, 6.45) is -0.168. The van der Waals surface area contributed by atoms with Crippen LogP contribution in [0.5, 0.6) is 0 Å². The maximum absolute atomic E-state index is 12.1. The summed E-state index contributed by atoms with van der Waals surface area (Å²) >= 11 is 0. The number of amides is 1. The Morgan fingerprint density at radius 1 is 1.25 bits per heavy atom. The van der Waals surface area contributed by atoms with Gasteiger partial charge in [-0.25, -0.2) is 4.79 Å². The summed E-state index contributed by atoms with van der Waals surface area (Å²) < 4.78 is 15.6. The number of nitrogens with one attached hydrogen (secondary N) is 1. The van der Waals surface area contributed by atoms with Crippen LogP contribution in [0.4, 0.5) is 4.79 Å². The zero-order chi connectivity index (χ0) is 17.7. The largest absolute Gasteiger partial charge is 0.469 e. The second-order valence-electron chi connectivity index (χ2n) is 6.86. The van der Waals surface area contributed by atoms with Crippen LogP contribution >= 0.6 is 0 Å². The topological polar surface area (TPSA) is 77.2 Å². The van der Waals surface area contributed by atoms with Gasteiger partial charge in [0, 0.05) is 0 Å². The minimum absolute atomic E-state index is 0.183. The van der Waals surface area contributed by atoms with Crippen LogP contribution in [-0.4, -0.2) is 43.0 Å². The van der Waals surface area contributed by atoms with Gasteiger partial charge in [-0.3, -0.25) is 4.79 Å². The fourth-order valence-corrected chi connectivity index (χ4v) is 2.50. The summed E-state index contributed by atoms with van der Waals surface area (Å²) in [4.78, 5) is 23.5. The number of benzene rings is 1. The summed E-state index contributed by atoms with van der Waals surface area (Å²) in [5.74, 6) is -0.321. The predicted molar refractivity (Wildman–Crippen MR) is 88.6 cm³/mol. The minimum Gasteiger partial charge on any atom is -0.469 e. The number of hydrogen-bond acceptors (Lipinski definition) is 5. The number of ether oxygens (including phenoxy) is 3. The van der Waals surface area contributed by atoms with Crippen molar-refractivity contribution in [3.05, 3.63) is 35.9 Å². The summed E-state index contributed by atoms with van der Waals surface area (Å²) in [7, 11) is 1.35. The number of carbonyl (C=O) groups excluding carboxylic acids is 2. The Labute approximate surface area is 142 Å². The highest BCUT2D eigenvalue weighted by atomic mass is 16.6. The van der Waals surface area contributed by atoms with Crippen molar-refractivity contribution in [2.45, 2.75) is 57.5 Å². The van der Waals surface area contributed by atoms with Crippen molar-refractivity contribution in [2.24, 2.45) is 0 Å². The number of rotatable bonds is 6. The first-order valence-electron chi connectivity index (χ1n) is 8.04. The van der Waals surface area contributed by atoms with E-state index in [-0.39, 0.29) is 30.6 Å². The quantitative estimate of drug-likeness (QED) is 0.638. The molecule has 1 heterocycles. The van der Waals surface area contributed by atoms with Crippen LogP contribution < -0.4 is 5.32 Å². The molecule has 1 aromatic rings. The molecule has 0 spiro atoms. The van der Waals surface area contributed by atoms with Crippen LogP contribution in [0.15, 0.2) is 30.3 Å². The van der Waals surface area contributed by atoms with E-state index in [0.29, 0.717) is 6.42 Å². The highest BCUT2D eigenvalue weighted by Crippen LogP contribution is 2.30. The second-order valence-corrected chi connectivity index (χ2v) is 6.86. The molecule has 0 aromatic heterocycles. The van der Waals surface area contributed by atoms with Gasteiger partial charge >= 0.3 is 12.1 Å². The van der Waals surface area contributed by atoms with Crippen LogP contribution in [-0.2, 0) is 25.4 Å². The molecule has 1 saturated heterocycles. The van der Waals surface area contributed by atoms with Crippen LogP contribution in [0.2, 0.25) is 0 Å². The second kappa shape index (κ2) is 7.66. The van der Waals surface area contributed by atoms with E-state index in [4.69, 9.17) is 9.47 Å². The molecule has 1 aromatic carbocycles. The molecule has 1 fully saturated rings. The van der Waals surface area contributed by atoms with Gasteiger partial charge in [-0.05, 0) is 32.8 Å². The number of epoxide rings is 1. The molecule has 1 amide bonds. The summed E-state index contributed by atoms with van der Waals surface area (Å²) in [5, 5.41) is 2.87. The molecular weight excluding hydrogens is 310 g/mol. The number of carbonyl (C=O) groups is 2. The molecular formula is C18H25NO5. The van der Waals surface area contributed by atoms with Gasteiger partial charge in [-0.15, -0.1) is 0 Å². The molecule has 1 N–H and O–H groups in total. The molecule has 0 saturated carbocycles. The van der Waals surface area contributed by atoms with E-state index < -0.39 is 11.7 Å². The third kappa shape index (κ3) is 5.85. The van der Waals surface area contributed by atoms with E-state index in [1.54, 1.807) is 0 Å². The van der Waals surface area contributed by atoms with E-state index >= 15 is 0 Å². The third-order valence-electron chi connectivity index (χ3n) is 3.61. The van der Waals surface area contributed by atoms with E-state index in [0.717, 1.165) is 5.56 Å². The molecule has 2 rings (SSSR count). The van der Waals surface area contributed by atoms with Crippen molar-refractivity contribution >= 4 is 12.1 Å². The van der Waals surface area contributed by atoms with Crippen molar-refractivity contribution in [1.29, 1.82) is 0 Å². The van der Waals surface area contributed by atoms with Gasteiger partial charge in [0.25, 0.3) is 0 Å². The normalized spacial score (nSPS) is 20.8. The Bertz CT molecular complexity index is 567. The first-order chi connectivity index (χ1) is 11.3. The first-order valence-corrected chi connectivity index (χ1v) is 8.04. The smallest absolute Gasteiger partial charge is 0.407 e. The molecule has 0 unspecified atom stereocenters. The van der Waals surface area contributed by atoms with Gasteiger partial charge in [0.2, 0.25) is 0 Å². The number of alkyl carbamates (subject to hydrolysis) is 1. The van der Waals surface area contributed by atoms with E-state index in [9.17, 15) is 9.59 Å². The van der Waals surface area contributed by atoms with Gasteiger partial charge in [-0.1, -0.05) is 30.3 Å². The summed E-state index contributed by atoms with van der Waals surface area (Å²) in [6, 6.07) is 9.53. The molecule has 1 aliphatic heterocycles. The van der Waals surface area contributed by atoms with E-state index in [1.807, 2.05) is 51.1 Å². The summed E-state index contributed by atoms with van der Waals surface area (Å²) in [6.45, 7) is 5.44. The van der Waals surface area contributed by atoms with E-state index in [2.05, 4.69) is 10.1 Å². The SMILES string of the molecule is COC(=O)C[C@@H]1O[C@H]1[C@H](Cc1ccccc1)NC(=O)OC(C)(C)C. The average Bonchev–Trinajstić information content (AvgIpc) is 3.24. The van der Waals surface area contributed by atoms with Gasteiger partial charge in [0.15, 0.2) is 0 Å². The Hall–Kier alpha value is -2.08. The molecule has 1 aliphatic rings. The van der Waals surface area contributed by atoms with Crippen molar-refractivity contribution in [3.63, 3.8) is 0 Å². The molecule has 6 nitrogen and oxygen atoms in total. The standard InChI is InChI=1S/C18H25NO5/c1-18(2,3)24-17(21)19-13(10-12-8-6-5-7-9-12)16-14(23-16)11-15(20)22-4/h5-9,13-14,16H,10-11H2,1-4H3,(H,19,21)/t13-,14-,16-/m0/s1. The van der Waals surface area contributed by atoms with Crippen molar-refractivity contribution in [3.8, 4) is 0 Å². The number of esters is 1. The zero-order valence-corrected chi connectivity index (χ0v) is 14.6. The zero-order valence-electron chi connectivity index (χ0n) is 14.6. The molecule has 0 aliphatic carbocycles. The maximum atomic E-state index is 12.1. The lowest BCUT2D eigenvalue weighted by molar-refractivity contribution is -0.140. The minimum atomic E-state index is -0.572. The highest BCUT2D eigenvalue weighted by Gasteiger charge is 2.47. The van der Waals surface area contributed by atoms with Gasteiger partial charge in [0.1, 0.15) is 11.7 Å². The van der Waals surface area contributed by atoms with Gasteiger partial charge < -0.3 is 19.5 Å². The van der Waals surface area contributed by atoms with Crippen LogP contribution in [0.3, 0.4) is 0 Å². The Morgan fingerprint density at radius 3 is 2.50 bits per heavy atom. The van der Waals surface area contributed by atoms with Crippen LogP contribution in [0, 0.1) is 0 Å². The van der Waals surface area contributed by atoms with Gasteiger partial charge in [-0.2, -0.15) is 0 Å². The lowest BCUT2D eigenvalue weighted by atomic mass is 10.0. The fraction of sp³-hybridized carbons (Fsp3) is 0.556. The lowest BCUT2D eigenvalue weighted by Crippen LogP contribution is -2.43. The summed E-state index contributed by atoms with van der Waals surface area (Å²) in [5.41, 5.74) is 0.503. The van der Waals surface area contributed by atoms with Crippen molar-refractivity contribution < 1.29 is 23.8 Å². The highest BCUT2D eigenvalue weighted by molar-refractivity contribution is 5.70. The number of methoxy groups -OCH3 is 1. The monoisotopic (exact) mass is 335 g/mol. The molecule has 0 radical (unpaired) electrons. The first kappa shape index (κ1) is 18.3. The Kier molecular flexibility index (Phi) is 5.83. The van der Waals surface area contributed by atoms with E-state index in [1.165, 1.54) is 7.11 Å². The van der Waals surface area contributed by atoms with Crippen molar-refractivity contribution in [1.82, 2.24) is 5.32 Å². The average molecular weight is 335 g/mol. The molecule has 3 atom stereocenters. The predicted octanol–water partition coefficient (Wildman–Crippen LogP) is 2.45. The van der Waals surface area contributed by atoms with Crippen LogP contribution in [0.25, 0.3) is 0 Å². The molecule has 132 valence electrons. The molecule has 24 heavy (non-hydrogen) atoms. The molecule has 0 bridgehead atoms. The Morgan fingerprint density at radius 2 is 1.92 bits per heavy atom. The third-order valence-corrected chi connectivity index (χ3v) is 3.61.